The molecule has 2 N–H and O–H groups in total. The standard InChI is InChI=1S/C15H15N3O3/c1-2-21-15(20)18-12-6-3-5-11(9-12)14(19)17-13-7-4-8-16-10-13/h3-10H,2H2,1H3,(H,17,19)(H,18,20). The van der Waals surface area contributed by atoms with Crippen LogP contribution in [0, 0.1) is 0 Å². The normalized spacial score (nSPS) is 9.76. The Morgan fingerprint density at radius 3 is 2.67 bits per heavy atom. The lowest BCUT2D eigenvalue weighted by Gasteiger charge is -2.08. The number of nitrogens with one attached hydrogen (secondary N) is 2. The molecule has 0 spiro atoms. The van der Waals surface area contributed by atoms with E-state index in [1.165, 1.54) is 0 Å². The van der Waals surface area contributed by atoms with E-state index in [0.717, 1.165) is 0 Å². The molecule has 6 heteroatoms. The Bertz CT molecular complexity index is 629. The third kappa shape index (κ3) is 4.31. The monoisotopic (exact) mass is 285 g/mol. The third-order valence-electron chi connectivity index (χ3n) is 2.57. The first-order chi connectivity index (χ1) is 10.2. The van der Waals surface area contributed by atoms with Gasteiger partial charge in [-0.3, -0.25) is 15.1 Å². The van der Waals surface area contributed by atoms with Gasteiger partial charge in [-0.25, -0.2) is 4.79 Å². The van der Waals surface area contributed by atoms with Crippen LogP contribution in [0.5, 0.6) is 0 Å². The Morgan fingerprint density at radius 2 is 1.95 bits per heavy atom. The molecule has 0 fully saturated rings. The molecule has 2 rings (SSSR count). The SMILES string of the molecule is CCOC(=O)Nc1cccc(C(=O)Nc2cccnc2)c1. The second-order valence-corrected chi connectivity index (χ2v) is 4.12. The predicted molar refractivity (Wildman–Crippen MR) is 79.3 cm³/mol. The van der Waals surface area contributed by atoms with Crippen molar-refractivity contribution in [3.05, 3.63) is 54.4 Å². The van der Waals surface area contributed by atoms with Crippen LogP contribution in [0.25, 0.3) is 0 Å². The van der Waals surface area contributed by atoms with Crippen molar-refractivity contribution in [2.24, 2.45) is 0 Å². The molecular weight excluding hydrogens is 270 g/mol. The zero-order valence-electron chi connectivity index (χ0n) is 11.5. The van der Waals surface area contributed by atoms with Crippen LogP contribution in [-0.2, 0) is 4.74 Å². The van der Waals surface area contributed by atoms with Crippen molar-refractivity contribution in [2.45, 2.75) is 6.92 Å². The van der Waals surface area contributed by atoms with E-state index in [4.69, 9.17) is 4.74 Å². The predicted octanol–water partition coefficient (Wildman–Crippen LogP) is 2.90. The number of carbonyl (C=O) groups is 2. The lowest BCUT2D eigenvalue weighted by Crippen LogP contribution is -2.15. The van der Waals surface area contributed by atoms with E-state index in [0.29, 0.717) is 16.9 Å². The number of ether oxygens (including phenoxy) is 1. The van der Waals surface area contributed by atoms with Crippen molar-refractivity contribution in [2.75, 3.05) is 17.2 Å². The molecule has 108 valence electrons. The van der Waals surface area contributed by atoms with Crippen molar-refractivity contribution < 1.29 is 14.3 Å². The Morgan fingerprint density at radius 1 is 1.14 bits per heavy atom. The zero-order chi connectivity index (χ0) is 15.1. The fourth-order valence-electron chi connectivity index (χ4n) is 1.66. The van der Waals surface area contributed by atoms with Gasteiger partial charge in [0.15, 0.2) is 0 Å². The van der Waals surface area contributed by atoms with Crippen LogP contribution in [0.1, 0.15) is 17.3 Å². The van der Waals surface area contributed by atoms with E-state index in [1.807, 2.05) is 0 Å². The number of anilines is 2. The van der Waals surface area contributed by atoms with E-state index < -0.39 is 6.09 Å². The summed E-state index contributed by atoms with van der Waals surface area (Å²) in [7, 11) is 0. The average molecular weight is 285 g/mol. The maximum Gasteiger partial charge on any atom is 0.411 e. The second-order valence-electron chi connectivity index (χ2n) is 4.12. The van der Waals surface area contributed by atoms with Gasteiger partial charge in [0.1, 0.15) is 0 Å². The summed E-state index contributed by atoms with van der Waals surface area (Å²) in [5.74, 6) is -0.282. The summed E-state index contributed by atoms with van der Waals surface area (Å²) in [6.45, 7) is 2.00. The number of hydrogen-bond acceptors (Lipinski definition) is 4. The molecule has 0 aliphatic rings. The van der Waals surface area contributed by atoms with E-state index in [2.05, 4.69) is 15.6 Å². The lowest BCUT2D eigenvalue weighted by atomic mass is 10.2. The number of benzene rings is 1. The van der Waals surface area contributed by atoms with Crippen LogP contribution in [0.3, 0.4) is 0 Å². The van der Waals surface area contributed by atoms with Crippen molar-refractivity contribution in [1.29, 1.82) is 0 Å². The highest BCUT2D eigenvalue weighted by Crippen LogP contribution is 2.13. The van der Waals surface area contributed by atoms with Gasteiger partial charge in [-0.2, -0.15) is 0 Å². The summed E-state index contributed by atoms with van der Waals surface area (Å²) in [6.07, 6.45) is 2.63. The van der Waals surface area contributed by atoms with Gasteiger partial charge in [-0.1, -0.05) is 6.07 Å². The number of carbonyl (C=O) groups excluding carboxylic acids is 2. The molecule has 0 unspecified atom stereocenters. The molecule has 2 amide bonds. The minimum absolute atomic E-state index is 0.282. The van der Waals surface area contributed by atoms with Gasteiger partial charge in [0.2, 0.25) is 0 Å². The van der Waals surface area contributed by atoms with Crippen LogP contribution in [0.4, 0.5) is 16.2 Å². The molecule has 0 bridgehead atoms. The van der Waals surface area contributed by atoms with Gasteiger partial charge >= 0.3 is 6.09 Å². The van der Waals surface area contributed by atoms with Crippen LogP contribution < -0.4 is 10.6 Å². The van der Waals surface area contributed by atoms with Gasteiger partial charge in [0, 0.05) is 17.4 Å². The fourth-order valence-corrected chi connectivity index (χ4v) is 1.66. The summed E-state index contributed by atoms with van der Waals surface area (Å²) in [5.41, 5.74) is 1.52. The fraction of sp³-hybridized carbons (Fsp3) is 0.133. The largest absolute Gasteiger partial charge is 0.450 e. The maximum atomic E-state index is 12.1. The molecule has 0 saturated heterocycles. The molecular formula is C15H15N3O3. The summed E-state index contributed by atoms with van der Waals surface area (Å²) in [6, 6.07) is 10.1. The quantitative estimate of drug-likeness (QED) is 0.905. The number of pyridine rings is 1. The van der Waals surface area contributed by atoms with Crippen molar-refractivity contribution >= 4 is 23.4 Å². The zero-order valence-corrected chi connectivity index (χ0v) is 11.5. The highest BCUT2D eigenvalue weighted by atomic mass is 16.5. The molecule has 0 atom stereocenters. The van der Waals surface area contributed by atoms with Crippen molar-refractivity contribution in [3.63, 3.8) is 0 Å². The van der Waals surface area contributed by atoms with E-state index in [-0.39, 0.29) is 12.5 Å². The van der Waals surface area contributed by atoms with E-state index in [9.17, 15) is 9.59 Å². The molecule has 0 radical (unpaired) electrons. The van der Waals surface area contributed by atoms with Crippen molar-refractivity contribution in [1.82, 2.24) is 4.98 Å². The Hall–Kier alpha value is -2.89. The molecule has 1 aromatic heterocycles. The number of rotatable bonds is 4. The third-order valence-corrected chi connectivity index (χ3v) is 2.57. The minimum atomic E-state index is -0.553. The molecule has 0 aliphatic carbocycles. The van der Waals surface area contributed by atoms with Crippen LogP contribution in [0.15, 0.2) is 48.8 Å². The van der Waals surface area contributed by atoms with E-state index >= 15 is 0 Å². The van der Waals surface area contributed by atoms with Crippen LogP contribution in [-0.4, -0.2) is 23.6 Å². The number of hydrogen-bond donors (Lipinski definition) is 2. The van der Waals surface area contributed by atoms with Gasteiger partial charge in [-0.15, -0.1) is 0 Å². The summed E-state index contributed by atoms with van der Waals surface area (Å²) in [4.78, 5) is 27.4. The molecule has 0 saturated carbocycles. The number of amides is 2. The number of nitrogens with zero attached hydrogens (tertiary/aromatic N) is 1. The topological polar surface area (TPSA) is 80.3 Å². The summed E-state index contributed by atoms with van der Waals surface area (Å²) < 4.78 is 4.78. The maximum absolute atomic E-state index is 12.1. The van der Waals surface area contributed by atoms with Gasteiger partial charge in [0.05, 0.1) is 18.5 Å². The average Bonchev–Trinajstić information content (AvgIpc) is 2.48. The Labute approximate surface area is 122 Å². The molecule has 1 aromatic carbocycles. The minimum Gasteiger partial charge on any atom is -0.450 e. The summed E-state index contributed by atoms with van der Waals surface area (Å²) >= 11 is 0. The lowest BCUT2D eigenvalue weighted by molar-refractivity contribution is 0.102. The van der Waals surface area contributed by atoms with Gasteiger partial charge in [0.25, 0.3) is 5.91 Å². The Kier molecular flexibility index (Phi) is 4.87. The molecule has 21 heavy (non-hydrogen) atoms. The smallest absolute Gasteiger partial charge is 0.411 e. The number of aromatic nitrogens is 1. The van der Waals surface area contributed by atoms with Crippen LogP contribution >= 0.6 is 0 Å². The first-order valence-corrected chi connectivity index (χ1v) is 6.44. The molecule has 1 heterocycles. The first kappa shape index (κ1) is 14.5. The second kappa shape index (κ2) is 7.04. The van der Waals surface area contributed by atoms with Gasteiger partial charge < -0.3 is 10.1 Å². The molecule has 0 aliphatic heterocycles. The van der Waals surface area contributed by atoms with E-state index in [1.54, 1.807) is 55.7 Å². The summed E-state index contributed by atoms with van der Waals surface area (Å²) in [5, 5.41) is 5.27. The van der Waals surface area contributed by atoms with Crippen LogP contribution in [0.2, 0.25) is 0 Å². The Balaban J connectivity index is 2.06. The molecule has 6 nitrogen and oxygen atoms in total. The first-order valence-electron chi connectivity index (χ1n) is 6.44. The highest BCUT2D eigenvalue weighted by Gasteiger charge is 2.08. The highest BCUT2D eigenvalue weighted by molar-refractivity contribution is 6.05. The van der Waals surface area contributed by atoms with Gasteiger partial charge in [-0.05, 0) is 37.3 Å². The van der Waals surface area contributed by atoms with Crippen molar-refractivity contribution in [3.8, 4) is 0 Å². The molecule has 2 aromatic rings.